The van der Waals surface area contributed by atoms with Crippen molar-refractivity contribution in [2.75, 3.05) is 6.26 Å². The second-order valence-electron chi connectivity index (χ2n) is 4.66. The van der Waals surface area contributed by atoms with E-state index in [1.54, 1.807) is 0 Å². The minimum absolute atomic E-state index is 0.0563. The Hall–Kier alpha value is -0.710. The summed E-state index contributed by atoms with van der Waals surface area (Å²) in [5, 5.41) is 12.4. The molecule has 4 nitrogen and oxygen atoms in total. The minimum Gasteiger partial charge on any atom is -0.481 e. The smallest absolute Gasteiger partial charge is 0.307 e. The topological polar surface area (TPSA) is 66.4 Å². The Kier molecular flexibility index (Phi) is 3.42. The fraction of sp³-hybridized carbons (Fsp3) is 0.818. The zero-order valence-electron chi connectivity index (χ0n) is 9.31. The van der Waals surface area contributed by atoms with Gasteiger partial charge in [-0.15, -0.1) is 0 Å². The van der Waals surface area contributed by atoms with E-state index in [0.717, 1.165) is 19.3 Å². The number of carboxylic acid groups (broad SMARTS) is 1. The van der Waals surface area contributed by atoms with Crippen LogP contribution in [0.1, 0.15) is 25.7 Å². The third-order valence-electron chi connectivity index (χ3n) is 3.51. The second-order valence-corrected chi connectivity index (χ2v) is 5.80. The van der Waals surface area contributed by atoms with Crippen molar-refractivity contribution in [2.45, 2.75) is 37.0 Å². The number of rotatable bonds is 4. The molecule has 0 radical (unpaired) electrons. The van der Waals surface area contributed by atoms with Crippen LogP contribution in [0.15, 0.2) is 0 Å². The molecule has 90 valence electrons. The number of carbonyl (C=O) groups excluding carboxylic acids is 1. The summed E-state index contributed by atoms with van der Waals surface area (Å²) >= 11 is 1.85. The SMILES string of the molecule is CSC1CCC(NC(=O)C2CC2C(=O)O)C1. The molecular weight excluding hydrogens is 226 g/mol. The monoisotopic (exact) mass is 243 g/mol. The molecule has 4 atom stereocenters. The van der Waals surface area contributed by atoms with Gasteiger partial charge in [0.15, 0.2) is 0 Å². The Morgan fingerprint density at radius 2 is 2.00 bits per heavy atom. The predicted molar refractivity (Wildman–Crippen MR) is 62.3 cm³/mol. The van der Waals surface area contributed by atoms with Crippen LogP contribution in [0, 0.1) is 11.8 Å². The average molecular weight is 243 g/mol. The van der Waals surface area contributed by atoms with Crippen molar-refractivity contribution in [3.8, 4) is 0 Å². The molecule has 0 aromatic heterocycles. The average Bonchev–Trinajstić information content (AvgIpc) is 2.94. The highest BCUT2D eigenvalue weighted by molar-refractivity contribution is 7.99. The summed E-state index contributed by atoms with van der Waals surface area (Å²) in [5.74, 6) is -1.60. The lowest BCUT2D eigenvalue weighted by Crippen LogP contribution is -2.35. The number of carbonyl (C=O) groups is 2. The van der Waals surface area contributed by atoms with Crippen LogP contribution < -0.4 is 5.32 Å². The van der Waals surface area contributed by atoms with Crippen LogP contribution in [0.4, 0.5) is 0 Å². The third kappa shape index (κ3) is 2.51. The molecule has 0 aromatic carbocycles. The summed E-state index contributed by atoms with van der Waals surface area (Å²) in [4.78, 5) is 22.3. The van der Waals surface area contributed by atoms with Gasteiger partial charge in [-0.25, -0.2) is 0 Å². The zero-order chi connectivity index (χ0) is 11.7. The molecule has 1 amide bonds. The molecule has 0 bridgehead atoms. The molecule has 0 saturated heterocycles. The first kappa shape index (κ1) is 11.8. The van der Waals surface area contributed by atoms with Gasteiger partial charge in [0.25, 0.3) is 0 Å². The fourth-order valence-electron chi connectivity index (χ4n) is 2.35. The van der Waals surface area contributed by atoms with Gasteiger partial charge < -0.3 is 10.4 Å². The number of nitrogens with one attached hydrogen (secondary N) is 1. The normalized spacial score (nSPS) is 37.1. The zero-order valence-corrected chi connectivity index (χ0v) is 10.1. The molecule has 0 aromatic rings. The number of hydrogen-bond donors (Lipinski definition) is 2. The van der Waals surface area contributed by atoms with Gasteiger partial charge in [-0.3, -0.25) is 9.59 Å². The molecule has 0 aliphatic heterocycles. The quantitative estimate of drug-likeness (QED) is 0.776. The van der Waals surface area contributed by atoms with Crippen molar-refractivity contribution in [3.63, 3.8) is 0 Å². The van der Waals surface area contributed by atoms with Crippen LogP contribution in [0.5, 0.6) is 0 Å². The second kappa shape index (κ2) is 4.65. The number of hydrogen-bond acceptors (Lipinski definition) is 3. The molecule has 2 fully saturated rings. The van der Waals surface area contributed by atoms with Gasteiger partial charge >= 0.3 is 5.97 Å². The van der Waals surface area contributed by atoms with E-state index in [-0.39, 0.29) is 17.9 Å². The van der Waals surface area contributed by atoms with E-state index < -0.39 is 11.9 Å². The number of aliphatic carboxylic acids is 1. The van der Waals surface area contributed by atoms with Gasteiger partial charge in [-0.2, -0.15) is 11.8 Å². The Morgan fingerprint density at radius 3 is 2.50 bits per heavy atom. The molecule has 0 spiro atoms. The number of thioether (sulfide) groups is 1. The Bertz CT molecular complexity index is 308. The van der Waals surface area contributed by atoms with Gasteiger partial charge in [-0.05, 0) is 31.9 Å². The molecule has 4 unspecified atom stereocenters. The van der Waals surface area contributed by atoms with Crippen molar-refractivity contribution in [1.29, 1.82) is 0 Å². The van der Waals surface area contributed by atoms with E-state index in [0.29, 0.717) is 11.7 Å². The van der Waals surface area contributed by atoms with Gasteiger partial charge in [-0.1, -0.05) is 0 Å². The third-order valence-corrected chi connectivity index (χ3v) is 4.60. The van der Waals surface area contributed by atoms with E-state index in [9.17, 15) is 9.59 Å². The van der Waals surface area contributed by atoms with E-state index in [1.807, 2.05) is 11.8 Å². The Balaban J connectivity index is 1.75. The highest BCUT2D eigenvalue weighted by Crippen LogP contribution is 2.39. The van der Waals surface area contributed by atoms with Gasteiger partial charge in [0.2, 0.25) is 5.91 Å². The number of carboxylic acids is 1. The summed E-state index contributed by atoms with van der Waals surface area (Å²) in [7, 11) is 0. The van der Waals surface area contributed by atoms with Gasteiger partial charge in [0.05, 0.1) is 11.8 Å². The fourth-order valence-corrected chi connectivity index (χ4v) is 3.15. The largest absolute Gasteiger partial charge is 0.481 e. The van der Waals surface area contributed by atoms with Crippen molar-refractivity contribution >= 4 is 23.6 Å². The summed E-state index contributed by atoms with van der Waals surface area (Å²) in [6, 6.07) is 0.264. The standard InChI is InChI=1S/C11H17NO3S/c1-16-7-3-2-6(4-7)12-10(13)8-5-9(8)11(14)15/h6-9H,2-5H2,1H3,(H,12,13)(H,14,15). The predicted octanol–water partition coefficient (Wildman–Crippen LogP) is 1.11. The molecular formula is C11H17NO3S. The Labute approximate surface area is 99.2 Å². The first-order valence-electron chi connectivity index (χ1n) is 5.67. The minimum atomic E-state index is -0.839. The van der Waals surface area contributed by atoms with Gasteiger partial charge in [0, 0.05) is 11.3 Å². The van der Waals surface area contributed by atoms with Crippen LogP contribution >= 0.6 is 11.8 Å². The maximum absolute atomic E-state index is 11.7. The van der Waals surface area contributed by atoms with Crippen LogP contribution in [0.3, 0.4) is 0 Å². The van der Waals surface area contributed by atoms with E-state index in [1.165, 1.54) is 0 Å². The summed E-state index contributed by atoms with van der Waals surface area (Å²) in [6.45, 7) is 0. The van der Waals surface area contributed by atoms with Crippen molar-refractivity contribution in [2.24, 2.45) is 11.8 Å². The molecule has 2 rings (SSSR count). The van der Waals surface area contributed by atoms with Crippen LogP contribution in [0.2, 0.25) is 0 Å². The summed E-state index contributed by atoms with van der Waals surface area (Å²) in [6.07, 6.45) is 5.81. The lowest BCUT2D eigenvalue weighted by Gasteiger charge is -2.12. The highest BCUT2D eigenvalue weighted by atomic mass is 32.2. The van der Waals surface area contributed by atoms with Crippen LogP contribution in [-0.2, 0) is 9.59 Å². The first-order chi connectivity index (χ1) is 7.61. The summed E-state index contributed by atoms with van der Waals surface area (Å²) < 4.78 is 0. The maximum atomic E-state index is 11.7. The molecule has 2 aliphatic carbocycles. The van der Waals surface area contributed by atoms with Crippen LogP contribution in [0.25, 0.3) is 0 Å². The molecule has 5 heteroatoms. The van der Waals surface area contributed by atoms with Crippen molar-refractivity contribution in [3.05, 3.63) is 0 Å². The van der Waals surface area contributed by atoms with Crippen molar-refractivity contribution < 1.29 is 14.7 Å². The lowest BCUT2D eigenvalue weighted by molar-refractivity contribution is -0.140. The number of amides is 1. The lowest BCUT2D eigenvalue weighted by atomic mass is 10.2. The molecule has 16 heavy (non-hydrogen) atoms. The Morgan fingerprint density at radius 1 is 1.25 bits per heavy atom. The van der Waals surface area contributed by atoms with E-state index in [2.05, 4.69) is 11.6 Å². The first-order valence-corrected chi connectivity index (χ1v) is 6.96. The highest BCUT2D eigenvalue weighted by Gasteiger charge is 2.48. The van der Waals surface area contributed by atoms with Crippen molar-refractivity contribution in [1.82, 2.24) is 5.32 Å². The van der Waals surface area contributed by atoms with Gasteiger partial charge in [0.1, 0.15) is 0 Å². The van der Waals surface area contributed by atoms with E-state index in [4.69, 9.17) is 5.11 Å². The molecule has 2 saturated carbocycles. The van der Waals surface area contributed by atoms with Crippen LogP contribution in [-0.4, -0.2) is 34.5 Å². The van der Waals surface area contributed by atoms with E-state index >= 15 is 0 Å². The summed E-state index contributed by atoms with van der Waals surface area (Å²) in [5.41, 5.74) is 0. The molecule has 2 N–H and O–H groups in total. The molecule has 0 heterocycles. The molecule has 2 aliphatic rings. The maximum Gasteiger partial charge on any atom is 0.307 e.